The van der Waals surface area contributed by atoms with Crippen LogP contribution < -0.4 is 15.6 Å². The second-order valence-electron chi connectivity index (χ2n) is 7.04. The summed E-state index contributed by atoms with van der Waals surface area (Å²) in [7, 11) is 1.32. The summed E-state index contributed by atoms with van der Waals surface area (Å²) in [6.45, 7) is 1.86. The minimum absolute atomic E-state index is 0.0304. The normalized spacial score (nSPS) is 12.2. The van der Waals surface area contributed by atoms with Crippen molar-refractivity contribution in [1.29, 1.82) is 0 Å². The van der Waals surface area contributed by atoms with Gasteiger partial charge in [-0.2, -0.15) is 4.98 Å². The van der Waals surface area contributed by atoms with Gasteiger partial charge in [-0.3, -0.25) is 4.79 Å². The number of fused-ring (bicyclic) bond motifs is 1. The van der Waals surface area contributed by atoms with Crippen molar-refractivity contribution < 1.29 is 17.9 Å². The number of aryl methyl sites for hydroxylation is 1. The monoisotopic (exact) mass is 413 g/mol. The molecule has 0 fully saturated rings. The molecule has 5 nitrogen and oxygen atoms in total. The second-order valence-corrected chi connectivity index (χ2v) is 7.04. The SMILES string of the molecule is COc1cn(Cc2cc(F)c(F)c(F)c2)c(Nc2cc3c(cc2C)CC=C3)nc1=O. The Morgan fingerprint density at radius 2 is 1.90 bits per heavy atom. The van der Waals surface area contributed by atoms with Gasteiger partial charge in [0.1, 0.15) is 0 Å². The van der Waals surface area contributed by atoms with Crippen LogP contribution in [-0.2, 0) is 13.0 Å². The van der Waals surface area contributed by atoms with Gasteiger partial charge in [-0.1, -0.05) is 18.2 Å². The average molecular weight is 413 g/mol. The Balaban J connectivity index is 1.76. The number of allylic oxidation sites excluding steroid dienone is 1. The molecule has 0 radical (unpaired) electrons. The molecule has 0 aliphatic heterocycles. The van der Waals surface area contributed by atoms with Crippen LogP contribution in [0.3, 0.4) is 0 Å². The lowest BCUT2D eigenvalue weighted by Gasteiger charge is -2.17. The molecule has 0 bridgehead atoms. The maximum absolute atomic E-state index is 13.6. The van der Waals surface area contributed by atoms with E-state index in [1.807, 2.05) is 25.1 Å². The van der Waals surface area contributed by atoms with Crippen LogP contribution >= 0.6 is 0 Å². The summed E-state index contributed by atoms with van der Waals surface area (Å²) in [5, 5.41) is 3.12. The topological polar surface area (TPSA) is 56.1 Å². The molecular weight excluding hydrogens is 395 g/mol. The van der Waals surface area contributed by atoms with E-state index in [0.717, 1.165) is 35.4 Å². The number of methoxy groups -OCH3 is 1. The molecule has 1 aliphatic carbocycles. The van der Waals surface area contributed by atoms with Gasteiger partial charge in [0.2, 0.25) is 11.7 Å². The van der Waals surface area contributed by atoms with Gasteiger partial charge in [-0.15, -0.1) is 0 Å². The summed E-state index contributed by atoms with van der Waals surface area (Å²) in [5.41, 5.74) is 3.53. The van der Waals surface area contributed by atoms with Gasteiger partial charge < -0.3 is 14.6 Å². The maximum Gasteiger partial charge on any atom is 0.316 e. The summed E-state index contributed by atoms with van der Waals surface area (Å²) in [4.78, 5) is 16.2. The zero-order valence-corrected chi connectivity index (χ0v) is 16.3. The first-order valence-electron chi connectivity index (χ1n) is 9.21. The Hall–Kier alpha value is -3.55. The minimum Gasteiger partial charge on any atom is -0.490 e. The fourth-order valence-electron chi connectivity index (χ4n) is 3.41. The Bertz CT molecular complexity index is 1210. The van der Waals surface area contributed by atoms with Gasteiger partial charge in [0.05, 0.1) is 19.9 Å². The van der Waals surface area contributed by atoms with E-state index in [9.17, 15) is 18.0 Å². The Morgan fingerprint density at radius 1 is 1.17 bits per heavy atom. The lowest BCUT2D eigenvalue weighted by atomic mass is 10.0. The molecule has 1 aliphatic rings. The number of nitrogens with zero attached hydrogens (tertiary/aromatic N) is 2. The predicted molar refractivity (Wildman–Crippen MR) is 108 cm³/mol. The van der Waals surface area contributed by atoms with Crippen LogP contribution in [0.1, 0.15) is 22.3 Å². The maximum atomic E-state index is 13.6. The number of aromatic nitrogens is 2. The molecule has 0 unspecified atom stereocenters. The standard InChI is InChI=1S/C22H18F3N3O2/c1-12-6-14-4-3-5-15(14)9-18(12)26-22-27-21(29)19(30-2)11-28(22)10-13-7-16(23)20(25)17(24)8-13/h3,5-9,11H,4,10H2,1-2H3,(H,26,27,29). The Labute approximate surface area is 170 Å². The zero-order valence-electron chi connectivity index (χ0n) is 16.3. The molecule has 154 valence electrons. The molecular formula is C22H18F3N3O2. The molecule has 4 rings (SSSR count). The van der Waals surface area contributed by atoms with Crippen molar-refractivity contribution in [2.45, 2.75) is 19.9 Å². The zero-order chi connectivity index (χ0) is 21.4. The molecule has 1 N–H and O–H groups in total. The molecule has 3 aromatic rings. The van der Waals surface area contributed by atoms with Gasteiger partial charge in [0.25, 0.3) is 0 Å². The van der Waals surface area contributed by atoms with Crippen LogP contribution in [0.5, 0.6) is 5.75 Å². The lowest BCUT2D eigenvalue weighted by molar-refractivity contribution is 0.402. The molecule has 0 saturated carbocycles. The number of halogens is 3. The van der Waals surface area contributed by atoms with Crippen LogP contribution in [0.2, 0.25) is 0 Å². The quantitative estimate of drug-likeness (QED) is 0.633. The molecule has 8 heteroatoms. The number of nitrogens with one attached hydrogen (secondary N) is 1. The van der Waals surface area contributed by atoms with E-state index in [1.165, 1.54) is 23.4 Å². The van der Waals surface area contributed by atoms with Crippen LogP contribution in [0, 0.1) is 24.4 Å². The number of ether oxygens (including phenoxy) is 1. The van der Waals surface area contributed by atoms with Crippen molar-refractivity contribution in [2.75, 3.05) is 12.4 Å². The molecule has 0 atom stereocenters. The van der Waals surface area contributed by atoms with Crippen molar-refractivity contribution in [3.8, 4) is 5.75 Å². The Kier molecular flexibility index (Phi) is 5.07. The third kappa shape index (κ3) is 3.68. The van der Waals surface area contributed by atoms with E-state index in [-0.39, 0.29) is 23.8 Å². The second kappa shape index (κ2) is 7.70. The average Bonchev–Trinajstić information content (AvgIpc) is 3.15. The fourth-order valence-corrected chi connectivity index (χ4v) is 3.41. The van der Waals surface area contributed by atoms with E-state index in [2.05, 4.69) is 16.4 Å². The predicted octanol–water partition coefficient (Wildman–Crippen LogP) is 4.34. The first kappa shape index (κ1) is 19.8. The van der Waals surface area contributed by atoms with Crippen LogP contribution in [-0.4, -0.2) is 16.7 Å². The Morgan fingerprint density at radius 3 is 2.60 bits per heavy atom. The van der Waals surface area contributed by atoms with Crippen LogP contribution in [0.4, 0.5) is 24.8 Å². The van der Waals surface area contributed by atoms with E-state index in [4.69, 9.17) is 4.74 Å². The number of hydrogen-bond acceptors (Lipinski definition) is 4. The molecule has 30 heavy (non-hydrogen) atoms. The van der Waals surface area contributed by atoms with Gasteiger partial charge in [0, 0.05) is 5.69 Å². The van der Waals surface area contributed by atoms with Crippen LogP contribution in [0.25, 0.3) is 6.08 Å². The van der Waals surface area contributed by atoms with Gasteiger partial charge >= 0.3 is 5.56 Å². The molecule has 0 spiro atoms. The van der Waals surface area contributed by atoms with E-state index < -0.39 is 23.0 Å². The third-order valence-corrected chi connectivity index (χ3v) is 4.95. The van der Waals surface area contributed by atoms with Crippen molar-refractivity contribution in [3.63, 3.8) is 0 Å². The van der Waals surface area contributed by atoms with Crippen molar-refractivity contribution >= 4 is 17.7 Å². The van der Waals surface area contributed by atoms with Gasteiger partial charge in [0.15, 0.2) is 17.5 Å². The first-order chi connectivity index (χ1) is 14.4. The summed E-state index contributed by atoms with van der Waals surface area (Å²) >= 11 is 0. The summed E-state index contributed by atoms with van der Waals surface area (Å²) in [5.74, 6) is -3.98. The summed E-state index contributed by atoms with van der Waals surface area (Å²) in [6, 6.07) is 5.80. The molecule has 1 heterocycles. The van der Waals surface area contributed by atoms with E-state index in [1.54, 1.807) is 0 Å². The highest BCUT2D eigenvalue weighted by Gasteiger charge is 2.16. The molecule has 0 amide bonds. The van der Waals surface area contributed by atoms with E-state index >= 15 is 0 Å². The van der Waals surface area contributed by atoms with Crippen molar-refractivity contribution in [2.24, 2.45) is 0 Å². The number of rotatable bonds is 5. The van der Waals surface area contributed by atoms with Gasteiger partial charge in [-0.25, -0.2) is 13.2 Å². The molecule has 0 saturated heterocycles. The van der Waals surface area contributed by atoms with Gasteiger partial charge in [-0.05, 0) is 53.8 Å². The fraction of sp³-hybridized carbons (Fsp3) is 0.182. The number of anilines is 2. The molecule has 2 aromatic carbocycles. The largest absolute Gasteiger partial charge is 0.490 e. The lowest BCUT2D eigenvalue weighted by Crippen LogP contribution is -2.19. The third-order valence-electron chi connectivity index (χ3n) is 4.95. The van der Waals surface area contributed by atoms with E-state index in [0.29, 0.717) is 0 Å². The van der Waals surface area contributed by atoms with Crippen molar-refractivity contribution in [1.82, 2.24) is 9.55 Å². The summed E-state index contributed by atoms with van der Waals surface area (Å²) in [6.07, 6.45) is 6.33. The number of benzene rings is 2. The highest BCUT2D eigenvalue weighted by atomic mass is 19.2. The first-order valence-corrected chi connectivity index (χ1v) is 9.21. The summed E-state index contributed by atoms with van der Waals surface area (Å²) < 4.78 is 47.1. The number of hydrogen-bond donors (Lipinski definition) is 1. The highest BCUT2D eigenvalue weighted by molar-refractivity contribution is 5.70. The highest BCUT2D eigenvalue weighted by Crippen LogP contribution is 2.28. The smallest absolute Gasteiger partial charge is 0.316 e. The minimum atomic E-state index is -1.53. The van der Waals surface area contributed by atoms with Crippen LogP contribution in [0.15, 0.2) is 41.3 Å². The van der Waals surface area contributed by atoms with Crippen molar-refractivity contribution in [3.05, 3.63) is 86.6 Å². The molecule has 1 aromatic heterocycles.